The Balaban J connectivity index is 1.63. The van der Waals surface area contributed by atoms with Crippen LogP contribution in [0.5, 0.6) is 5.75 Å². The van der Waals surface area contributed by atoms with Crippen molar-refractivity contribution in [3.05, 3.63) is 59.7 Å². The van der Waals surface area contributed by atoms with E-state index in [2.05, 4.69) is 5.32 Å². The van der Waals surface area contributed by atoms with Gasteiger partial charge in [-0.25, -0.2) is 22.3 Å². The number of nitrogens with zero attached hydrogens (tertiary/aromatic N) is 2. The molecule has 12 heteroatoms. The summed E-state index contributed by atoms with van der Waals surface area (Å²) < 4.78 is 38.9. The van der Waals surface area contributed by atoms with Crippen molar-refractivity contribution in [3.8, 4) is 5.75 Å². The van der Waals surface area contributed by atoms with Gasteiger partial charge in [-0.05, 0) is 63.1 Å². The number of carboxylic acids is 1. The molecular weight excluding hydrogens is 526 g/mol. The van der Waals surface area contributed by atoms with E-state index in [0.717, 1.165) is 5.56 Å². The Kier molecular flexibility index (Phi) is 8.57. The van der Waals surface area contributed by atoms with Crippen LogP contribution in [0.25, 0.3) is 0 Å². The zero-order valence-electron chi connectivity index (χ0n) is 22.0. The summed E-state index contributed by atoms with van der Waals surface area (Å²) in [5.74, 6) is -2.02. The van der Waals surface area contributed by atoms with Gasteiger partial charge in [0.25, 0.3) is 15.9 Å². The lowest BCUT2D eigenvalue weighted by atomic mass is 9.92. The Morgan fingerprint density at radius 2 is 1.74 bits per heavy atom. The van der Waals surface area contributed by atoms with Crippen LogP contribution in [0, 0.1) is 6.92 Å². The topological polar surface area (TPSA) is 143 Å². The predicted octanol–water partition coefficient (Wildman–Crippen LogP) is 2.18. The summed E-state index contributed by atoms with van der Waals surface area (Å²) in [5, 5.41) is 13.4. The molecule has 4 rings (SSSR count). The van der Waals surface area contributed by atoms with Gasteiger partial charge in [-0.2, -0.15) is 0 Å². The Morgan fingerprint density at radius 1 is 1.10 bits per heavy atom. The largest absolute Gasteiger partial charge is 0.479 e. The van der Waals surface area contributed by atoms with Gasteiger partial charge in [0.05, 0.1) is 24.2 Å². The minimum Gasteiger partial charge on any atom is -0.479 e. The van der Waals surface area contributed by atoms with Crippen molar-refractivity contribution in [1.29, 1.82) is 0 Å². The monoisotopic (exact) mass is 559 g/mol. The van der Waals surface area contributed by atoms with Gasteiger partial charge in [0, 0.05) is 19.5 Å². The molecule has 2 aromatic rings. The molecule has 2 atom stereocenters. The third-order valence-corrected chi connectivity index (χ3v) is 8.90. The van der Waals surface area contributed by atoms with Crippen molar-refractivity contribution < 1.29 is 37.4 Å². The Bertz CT molecular complexity index is 1300. The van der Waals surface area contributed by atoms with Crippen molar-refractivity contribution >= 4 is 28.0 Å². The van der Waals surface area contributed by atoms with E-state index in [1.54, 1.807) is 31.2 Å². The summed E-state index contributed by atoms with van der Waals surface area (Å²) in [5.41, 5.74) is -0.876. The van der Waals surface area contributed by atoms with E-state index in [4.69, 9.17) is 9.47 Å². The lowest BCUT2D eigenvalue weighted by Crippen LogP contribution is -2.61. The van der Waals surface area contributed by atoms with Crippen LogP contribution in [0.1, 0.15) is 30.9 Å². The van der Waals surface area contributed by atoms with Gasteiger partial charge in [0.2, 0.25) is 0 Å². The number of sulfonamides is 1. The van der Waals surface area contributed by atoms with Crippen molar-refractivity contribution in [1.82, 2.24) is 14.5 Å². The summed E-state index contributed by atoms with van der Waals surface area (Å²) >= 11 is 0. The molecule has 210 valence electrons. The van der Waals surface area contributed by atoms with Gasteiger partial charge in [-0.1, -0.05) is 29.8 Å². The molecule has 11 nitrogen and oxygen atoms in total. The molecule has 0 bridgehead atoms. The molecule has 39 heavy (non-hydrogen) atoms. The zero-order valence-corrected chi connectivity index (χ0v) is 22.8. The fourth-order valence-electron chi connectivity index (χ4n) is 4.70. The SMILES string of the molecule is Cc1ccc(S(=O)(=O)N(C(=O)[C@@H]2CCCN2)[C@@](C)(Cc2ccc(OC(=O)N3CCOCC3)cc2)C(=O)O)cc1. The molecule has 0 unspecified atom stereocenters. The molecule has 0 radical (unpaired) electrons. The molecular formula is C27H33N3O8S. The first-order valence-electron chi connectivity index (χ1n) is 12.8. The third kappa shape index (κ3) is 6.23. The van der Waals surface area contributed by atoms with E-state index in [-0.39, 0.29) is 17.1 Å². The number of rotatable bonds is 8. The van der Waals surface area contributed by atoms with Crippen molar-refractivity contribution in [3.63, 3.8) is 0 Å². The molecule has 2 aliphatic rings. The first-order chi connectivity index (χ1) is 18.5. The fraction of sp³-hybridized carbons (Fsp3) is 0.444. The number of carbonyl (C=O) groups is 3. The highest BCUT2D eigenvalue weighted by Crippen LogP contribution is 2.31. The van der Waals surface area contributed by atoms with Crippen molar-refractivity contribution in [2.75, 3.05) is 32.8 Å². The van der Waals surface area contributed by atoms with E-state index in [9.17, 15) is 27.9 Å². The highest BCUT2D eigenvalue weighted by Gasteiger charge is 2.51. The number of hydrogen-bond acceptors (Lipinski definition) is 8. The lowest BCUT2D eigenvalue weighted by molar-refractivity contribution is -0.153. The van der Waals surface area contributed by atoms with Gasteiger partial charge in [0.15, 0.2) is 5.54 Å². The molecule has 0 aliphatic carbocycles. The summed E-state index contributed by atoms with van der Waals surface area (Å²) in [6.45, 7) is 5.26. The normalized spacial score (nSPS) is 19.2. The summed E-state index contributed by atoms with van der Waals surface area (Å²) in [6, 6.07) is 11.2. The van der Waals surface area contributed by atoms with Crippen LogP contribution in [0.15, 0.2) is 53.4 Å². The number of aryl methyl sites for hydroxylation is 1. The predicted molar refractivity (Wildman–Crippen MR) is 141 cm³/mol. The average molecular weight is 560 g/mol. The highest BCUT2D eigenvalue weighted by molar-refractivity contribution is 7.89. The number of aliphatic carboxylic acids is 1. The van der Waals surface area contributed by atoms with Crippen LogP contribution < -0.4 is 10.1 Å². The number of carbonyl (C=O) groups excluding carboxylic acids is 2. The first-order valence-corrected chi connectivity index (χ1v) is 14.2. The smallest absolute Gasteiger partial charge is 0.415 e. The number of carboxylic acid groups (broad SMARTS) is 1. The van der Waals surface area contributed by atoms with Crippen molar-refractivity contribution in [2.45, 2.75) is 49.6 Å². The molecule has 2 fully saturated rings. The van der Waals surface area contributed by atoms with E-state index >= 15 is 0 Å². The second kappa shape index (κ2) is 11.7. The number of nitrogens with one attached hydrogen (secondary N) is 1. The van der Waals surface area contributed by atoms with Crippen LogP contribution in [0.2, 0.25) is 0 Å². The number of hydrogen-bond donors (Lipinski definition) is 2. The van der Waals surface area contributed by atoms with E-state index in [0.29, 0.717) is 55.6 Å². The van der Waals surface area contributed by atoms with Gasteiger partial charge in [0.1, 0.15) is 5.75 Å². The lowest BCUT2D eigenvalue weighted by Gasteiger charge is -2.38. The highest BCUT2D eigenvalue weighted by atomic mass is 32.2. The second-order valence-electron chi connectivity index (χ2n) is 9.94. The molecule has 2 heterocycles. The standard InChI is InChI=1S/C27H33N3O8S/c1-19-5-11-22(12-6-19)39(35,36)30(24(31)23-4-3-13-28-23)27(2,25(32)33)18-20-7-9-21(10-8-20)38-26(34)29-14-16-37-17-15-29/h5-12,23,28H,3-4,13-18H2,1-2H3,(H,32,33)/t23-,27-/m0/s1. The van der Waals surface area contributed by atoms with E-state index < -0.39 is 39.6 Å². The Hall–Kier alpha value is -3.48. The summed E-state index contributed by atoms with van der Waals surface area (Å²) in [6.07, 6.45) is 0.247. The van der Waals surface area contributed by atoms with Gasteiger partial charge in [-0.15, -0.1) is 0 Å². The van der Waals surface area contributed by atoms with Gasteiger partial charge in [-0.3, -0.25) is 4.79 Å². The number of benzene rings is 2. The van der Waals surface area contributed by atoms with E-state index in [1.807, 2.05) is 0 Å². The quantitative estimate of drug-likeness (QED) is 0.498. The molecule has 2 amide bonds. The van der Waals surface area contributed by atoms with Crippen LogP contribution in [-0.4, -0.2) is 85.1 Å². The summed E-state index contributed by atoms with van der Waals surface area (Å²) in [7, 11) is -4.54. The van der Waals surface area contributed by atoms with E-state index in [1.165, 1.54) is 36.1 Å². The third-order valence-electron chi connectivity index (χ3n) is 6.97. The van der Waals surface area contributed by atoms with Crippen LogP contribution in [0.3, 0.4) is 0 Å². The van der Waals surface area contributed by atoms with Gasteiger partial charge >= 0.3 is 12.1 Å². The summed E-state index contributed by atoms with van der Waals surface area (Å²) in [4.78, 5) is 40.1. The molecule has 0 saturated carbocycles. The maximum Gasteiger partial charge on any atom is 0.415 e. The molecule has 2 N–H and O–H groups in total. The molecule has 0 spiro atoms. The van der Waals surface area contributed by atoms with Crippen molar-refractivity contribution in [2.24, 2.45) is 0 Å². The van der Waals surface area contributed by atoms with Crippen LogP contribution in [0.4, 0.5) is 4.79 Å². The molecule has 0 aromatic heterocycles. The molecule has 2 saturated heterocycles. The minimum absolute atomic E-state index is 0.169. The van der Waals surface area contributed by atoms with Gasteiger partial charge < -0.3 is 24.8 Å². The molecule has 2 aliphatic heterocycles. The Morgan fingerprint density at radius 3 is 2.31 bits per heavy atom. The second-order valence-corrected chi connectivity index (χ2v) is 11.7. The maximum absolute atomic E-state index is 13.9. The number of ether oxygens (including phenoxy) is 2. The molecule has 2 aromatic carbocycles. The number of amides is 2. The van der Waals surface area contributed by atoms with Crippen LogP contribution >= 0.6 is 0 Å². The fourth-order valence-corrected chi connectivity index (χ4v) is 6.43. The minimum atomic E-state index is -4.54. The van der Waals surface area contributed by atoms with Crippen LogP contribution in [-0.2, 0) is 30.8 Å². The maximum atomic E-state index is 13.9. The Labute approximate surface area is 227 Å². The zero-order chi connectivity index (χ0) is 28.2. The number of morpholine rings is 1. The average Bonchev–Trinajstić information content (AvgIpc) is 3.46. The first kappa shape index (κ1) is 28.5.